The highest BCUT2D eigenvalue weighted by molar-refractivity contribution is 5.83. The highest BCUT2D eigenvalue weighted by Gasteiger charge is 1.94. The molecule has 0 unspecified atom stereocenters. The first-order valence-electron chi connectivity index (χ1n) is 5.77. The van der Waals surface area contributed by atoms with Crippen LogP contribution in [0.25, 0.3) is 0 Å². The Morgan fingerprint density at radius 2 is 1.45 bits per heavy atom. The summed E-state index contributed by atoms with van der Waals surface area (Å²) in [7, 11) is 0. The molecule has 0 aromatic carbocycles. The fourth-order valence-electron chi connectivity index (χ4n) is 1.26. The topological polar surface area (TPSA) is 91.6 Å². The van der Waals surface area contributed by atoms with Crippen LogP contribution in [0.1, 0.15) is 11.1 Å². The number of nitrogens with one attached hydrogen (secondary N) is 2. The molecule has 0 saturated carbocycles. The second-order valence-electron chi connectivity index (χ2n) is 3.64. The van der Waals surface area contributed by atoms with Crippen LogP contribution in [0.5, 0.6) is 0 Å². The summed E-state index contributed by atoms with van der Waals surface area (Å²) in [5.41, 5.74) is 6.13. The SMILES string of the molecule is O=C(NN=Cc1cccnc1)NN=Cc1cccnc1. The minimum absolute atomic E-state index is 0.537. The Labute approximate surface area is 115 Å². The highest BCUT2D eigenvalue weighted by atomic mass is 16.2. The molecule has 0 aliphatic heterocycles. The van der Waals surface area contributed by atoms with E-state index in [1.165, 1.54) is 12.4 Å². The van der Waals surface area contributed by atoms with Gasteiger partial charge in [0.1, 0.15) is 0 Å². The summed E-state index contributed by atoms with van der Waals surface area (Å²) in [5, 5.41) is 7.51. The number of amides is 2. The predicted octanol–water partition coefficient (Wildman–Crippen LogP) is 1.14. The number of urea groups is 1. The summed E-state index contributed by atoms with van der Waals surface area (Å²) in [6, 6.07) is 6.65. The van der Waals surface area contributed by atoms with Gasteiger partial charge < -0.3 is 0 Å². The molecule has 0 aliphatic rings. The summed E-state index contributed by atoms with van der Waals surface area (Å²) in [6.07, 6.45) is 9.54. The summed E-state index contributed by atoms with van der Waals surface area (Å²) in [4.78, 5) is 19.2. The molecule has 2 heterocycles. The molecule has 0 atom stereocenters. The summed E-state index contributed by atoms with van der Waals surface area (Å²) in [5.74, 6) is 0. The van der Waals surface area contributed by atoms with Gasteiger partial charge in [-0.05, 0) is 12.1 Å². The van der Waals surface area contributed by atoms with E-state index in [4.69, 9.17) is 0 Å². The summed E-state index contributed by atoms with van der Waals surface area (Å²) < 4.78 is 0. The van der Waals surface area contributed by atoms with E-state index < -0.39 is 6.03 Å². The van der Waals surface area contributed by atoms with Crippen molar-refractivity contribution in [1.82, 2.24) is 20.8 Å². The second-order valence-corrected chi connectivity index (χ2v) is 3.64. The lowest BCUT2D eigenvalue weighted by molar-refractivity contribution is 0.242. The van der Waals surface area contributed by atoms with Crippen molar-refractivity contribution in [2.75, 3.05) is 0 Å². The zero-order valence-corrected chi connectivity index (χ0v) is 10.5. The number of pyridine rings is 2. The quantitative estimate of drug-likeness (QED) is 0.643. The predicted molar refractivity (Wildman–Crippen MR) is 75.3 cm³/mol. The average Bonchev–Trinajstić information content (AvgIpc) is 2.49. The maximum atomic E-state index is 11.3. The van der Waals surface area contributed by atoms with Crippen molar-refractivity contribution >= 4 is 18.5 Å². The minimum atomic E-state index is -0.537. The number of hydrazone groups is 2. The Morgan fingerprint density at radius 3 is 1.85 bits per heavy atom. The molecular weight excluding hydrogens is 256 g/mol. The fraction of sp³-hybridized carbons (Fsp3) is 0. The lowest BCUT2D eigenvalue weighted by Gasteiger charge is -1.97. The molecule has 0 fully saturated rings. The van der Waals surface area contributed by atoms with Gasteiger partial charge >= 0.3 is 6.03 Å². The van der Waals surface area contributed by atoms with Gasteiger partial charge in [-0.15, -0.1) is 0 Å². The van der Waals surface area contributed by atoms with Crippen LogP contribution >= 0.6 is 0 Å². The zero-order valence-electron chi connectivity index (χ0n) is 10.5. The van der Waals surface area contributed by atoms with E-state index in [2.05, 4.69) is 31.0 Å². The molecule has 0 bridgehead atoms. The molecule has 2 N–H and O–H groups in total. The number of nitrogens with zero attached hydrogens (tertiary/aromatic N) is 4. The van der Waals surface area contributed by atoms with Gasteiger partial charge in [0.2, 0.25) is 0 Å². The lowest BCUT2D eigenvalue weighted by Crippen LogP contribution is -2.28. The molecule has 2 aromatic rings. The van der Waals surface area contributed by atoms with Crippen LogP contribution in [0.15, 0.2) is 59.3 Å². The van der Waals surface area contributed by atoms with Crippen molar-refractivity contribution in [2.45, 2.75) is 0 Å². The molecule has 7 heteroatoms. The standard InChI is InChI=1S/C13H12N6O/c20-13(18-16-9-11-3-1-5-14-7-11)19-17-10-12-4-2-6-15-8-12/h1-10H,(H2,18,19,20). The normalized spacial score (nSPS) is 10.8. The first kappa shape index (κ1) is 13.3. The Hall–Kier alpha value is -3.09. The van der Waals surface area contributed by atoms with Crippen LogP contribution in [-0.2, 0) is 0 Å². The number of aromatic nitrogens is 2. The fourth-order valence-corrected chi connectivity index (χ4v) is 1.26. The number of carbonyl (C=O) groups excluding carboxylic acids is 1. The second kappa shape index (κ2) is 7.37. The van der Waals surface area contributed by atoms with Gasteiger partial charge in [-0.25, -0.2) is 15.6 Å². The van der Waals surface area contributed by atoms with Crippen molar-refractivity contribution < 1.29 is 4.79 Å². The van der Waals surface area contributed by atoms with Crippen molar-refractivity contribution in [3.8, 4) is 0 Å². The van der Waals surface area contributed by atoms with Crippen LogP contribution in [0.4, 0.5) is 4.79 Å². The first-order valence-corrected chi connectivity index (χ1v) is 5.77. The van der Waals surface area contributed by atoms with Gasteiger partial charge in [-0.3, -0.25) is 9.97 Å². The van der Waals surface area contributed by atoms with Crippen molar-refractivity contribution in [3.05, 3.63) is 60.2 Å². The molecule has 0 aliphatic carbocycles. The van der Waals surface area contributed by atoms with E-state index >= 15 is 0 Å². The molecule has 2 aromatic heterocycles. The van der Waals surface area contributed by atoms with Gasteiger partial charge in [-0.2, -0.15) is 10.2 Å². The van der Waals surface area contributed by atoms with Crippen LogP contribution in [-0.4, -0.2) is 28.4 Å². The number of hydrogen-bond donors (Lipinski definition) is 2. The Kier molecular flexibility index (Phi) is 4.92. The lowest BCUT2D eigenvalue weighted by atomic mass is 10.3. The molecule has 2 rings (SSSR count). The van der Waals surface area contributed by atoms with Crippen LogP contribution in [0.3, 0.4) is 0 Å². The third-order valence-electron chi connectivity index (χ3n) is 2.13. The first-order chi connectivity index (χ1) is 9.84. The minimum Gasteiger partial charge on any atom is -0.264 e. The zero-order chi connectivity index (χ0) is 14.0. The highest BCUT2D eigenvalue weighted by Crippen LogP contribution is 1.90. The monoisotopic (exact) mass is 268 g/mol. The summed E-state index contributed by atoms with van der Waals surface area (Å²) >= 11 is 0. The Balaban J connectivity index is 1.76. The largest absolute Gasteiger partial charge is 0.355 e. The smallest absolute Gasteiger partial charge is 0.264 e. The maximum Gasteiger partial charge on any atom is 0.355 e. The van der Waals surface area contributed by atoms with E-state index in [-0.39, 0.29) is 0 Å². The van der Waals surface area contributed by atoms with Crippen LogP contribution < -0.4 is 10.9 Å². The van der Waals surface area contributed by atoms with E-state index in [0.29, 0.717) is 0 Å². The molecule has 2 amide bonds. The van der Waals surface area contributed by atoms with Crippen molar-refractivity contribution in [3.63, 3.8) is 0 Å². The van der Waals surface area contributed by atoms with Gasteiger partial charge in [0, 0.05) is 35.9 Å². The van der Waals surface area contributed by atoms with E-state index in [1.54, 1.807) is 36.9 Å². The molecular formula is C13H12N6O. The van der Waals surface area contributed by atoms with Gasteiger partial charge in [0.25, 0.3) is 0 Å². The van der Waals surface area contributed by atoms with Crippen molar-refractivity contribution in [1.29, 1.82) is 0 Å². The average molecular weight is 268 g/mol. The van der Waals surface area contributed by atoms with Gasteiger partial charge in [0.15, 0.2) is 0 Å². The number of carbonyl (C=O) groups is 1. The molecule has 100 valence electrons. The van der Waals surface area contributed by atoms with Crippen molar-refractivity contribution in [2.24, 2.45) is 10.2 Å². The molecule has 0 spiro atoms. The number of hydrogen-bond acceptors (Lipinski definition) is 5. The van der Waals surface area contributed by atoms with Gasteiger partial charge in [0.05, 0.1) is 12.4 Å². The van der Waals surface area contributed by atoms with E-state index in [0.717, 1.165) is 11.1 Å². The summed E-state index contributed by atoms with van der Waals surface area (Å²) in [6.45, 7) is 0. The van der Waals surface area contributed by atoms with E-state index in [1.807, 2.05) is 12.1 Å². The van der Waals surface area contributed by atoms with Crippen LogP contribution in [0, 0.1) is 0 Å². The van der Waals surface area contributed by atoms with Gasteiger partial charge in [-0.1, -0.05) is 12.1 Å². The molecule has 0 saturated heterocycles. The van der Waals surface area contributed by atoms with E-state index in [9.17, 15) is 4.79 Å². The maximum absolute atomic E-state index is 11.3. The third-order valence-corrected chi connectivity index (χ3v) is 2.13. The molecule has 7 nitrogen and oxygen atoms in total. The Morgan fingerprint density at radius 1 is 0.950 bits per heavy atom. The third kappa shape index (κ3) is 4.65. The number of rotatable bonds is 4. The molecule has 20 heavy (non-hydrogen) atoms. The Bertz CT molecular complexity index is 543. The van der Waals surface area contributed by atoms with Crippen LogP contribution in [0.2, 0.25) is 0 Å². The molecule has 0 radical (unpaired) electrons.